The van der Waals surface area contributed by atoms with E-state index in [0.717, 1.165) is 22.6 Å². The largest absolute Gasteiger partial charge is 0.361 e. The summed E-state index contributed by atoms with van der Waals surface area (Å²) in [5.41, 5.74) is 15.1. The zero-order chi connectivity index (χ0) is 35.8. The molecule has 256 valence electrons. The number of aromatic nitrogens is 6. The average Bonchev–Trinajstić information content (AvgIpc) is 3.97. The second-order valence-corrected chi connectivity index (χ2v) is 13.4. The highest BCUT2D eigenvalue weighted by Crippen LogP contribution is 2.33. The SMILES string of the molecule is Cc1cn(-c2ccc(-c3cccc4[nH]ccc34)cc2C)cn1.Cc1cn(-c2ccc(-c3cccc4c3ccn4Cc3ccc(F)cc3)cc2C)cn1. The van der Waals surface area contributed by atoms with Gasteiger partial charge in [0.25, 0.3) is 0 Å². The van der Waals surface area contributed by atoms with Crippen molar-refractivity contribution in [2.45, 2.75) is 34.2 Å². The third-order valence-electron chi connectivity index (χ3n) is 9.67. The molecule has 4 aromatic heterocycles. The Hall–Kier alpha value is -6.47. The van der Waals surface area contributed by atoms with Crippen LogP contribution in [-0.2, 0) is 6.54 Å². The van der Waals surface area contributed by atoms with E-state index in [1.807, 2.05) is 51.0 Å². The molecular weight excluding hydrogens is 644 g/mol. The first kappa shape index (κ1) is 32.7. The summed E-state index contributed by atoms with van der Waals surface area (Å²) in [5, 5.41) is 2.47. The van der Waals surface area contributed by atoms with Crippen molar-refractivity contribution in [3.05, 3.63) is 181 Å². The molecule has 52 heavy (non-hydrogen) atoms. The summed E-state index contributed by atoms with van der Waals surface area (Å²) < 4.78 is 19.6. The third-order valence-corrected chi connectivity index (χ3v) is 9.67. The van der Waals surface area contributed by atoms with Crippen LogP contribution in [0.25, 0.3) is 55.4 Å². The number of hydrogen-bond donors (Lipinski definition) is 1. The topological polar surface area (TPSA) is 56.4 Å². The van der Waals surface area contributed by atoms with Gasteiger partial charge in [-0.15, -0.1) is 0 Å². The fraction of sp³-hybridized carbons (Fsp3) is 0.111. The summed E-state index contributed by atoms with van der Waals surface area (Å²) >= 11 is 0. The number of H-pyrrole nitrogens is 1. The molecule has 6 nitrogen and oxygen atoms in total. The number of benzene rings is 5. The van der Waals surface area contributed by atoms with Crippen LogP contribution in [0.3, 0.4) is 0 Å². The van der Waals surface area contributed by atoms with Crippen LogP contribution < -0.4 is 0 Å². The van der Waals surface area contributed by atoms with E-state index in [4.69, 9.17) is 0 Å². The van der Waals surface area contributed by atoms with E-state index in [-0.39, 0.29) is 5.82 Å². The van der Waals surface area contributed by atoms with E-state index >= 15 is 0 Å². The minimum Gasteiger partial charge on any atom is -0.361 e. The molecule has 4 heterocycles. The van der Waals surface area contributed by atoms with Crippen LogP contribution in [0.5, 0.6) is 0 Å². The Labute approximate surface area is 302 Å². The Morgan fingerprint density at radius 2 is 1.21 bits per heavy atom. The van der Waals surface area contributed by atoms with Gasteiger partial charge in [-0.3, -0.25) is 0 Å². The standard InChI is InChI=1S/C26H22FN3.C19H17N3/c1-18-14-21(8-11-25(18)30-15-19(2)28-17-30)23-4-3-5-26-24(23)12-13-29(26)16-20-6-9-22(27)10-7-20;1-13-10-15(6-7-19(13)22-11-14(2)21-12-22)16-4-3-5-18-17(16)8-9-20-18/h3-15,17H,16H2,1-2H3;3-12,20H,1-2H3. The van der Waals surface area contributed by atoms with Gasteiger partial charge in [0.05, 0.1) is 24.0 Å². The smallest absolute Gasteiger partial charge is 0.123 e. The molecule has 0 spiro atoms. The zero-order valence-corrected chi connectivity index (χ0v) is 29.7. The summed E-state index contributed by atoms with van der Waals surface area (Å²) in [6.45, 7) is 8.99. The number of hydrogen-bond acceptors (Lipinski definition) is 2. The lowest BCUT2D eigenvalue weighted by Gasteiger charge is -2.11. The molecular formula is C45H39FN6. The monoisotopic (exact) mass is 682 g/mol. The predicted octanol–water partition coefficient (Wildman–Crippen LogP) is 10.9. The number of aromatic amines is 1. The molecule has 0 fully saturated rings. The number of halogens is 1. The van der Waals surface area contributed by atoms with Crippen LogP contribution >= 0.6 is 0 Å². The van der Waals surface area contributed by atoms with Gasteiger partial charge >= 0.3 is 0 Å². The lowest BCUT2D eigenvalue weighted by Crippen LogP contribution is -1.98. The van der Waals surface area contributed by atoms with Crippen molar-refractivity contribution in [3.8, 4) is 33.6 Å². The Morgan fingerprint density at radius 1 is 0.615 bits per heavy atom. The van der Waals surface area contributed by atoms with Crippen molar-refractivity contribution < 1.29 is 4.39 Å². The number of imidazole rings is 2. The fourth-order valence-corrected chi connectivity index (χ4v) is 7.07. The van der Waals surface area contributed by atoms with Gasteiger partial charge in [0.2, 0.25) is 0 Å². The van der Waals surface area contributed by atoms with E-state index in [0.29, 0.717) is 6.54 Å². The highest BCUT2D eigenvalue weighted by atomic mass is 19.1. The first-order chi connectivity index (χ1) is 25.3. The van der Waals surface area contributed by atoms with E-state index in [9.17, 15) is 4.39 Å². The Balaban J connectivity index is 0.000000156. The molecule has 0 aliphatic heterocycles. The van der Waals surface area contributed by atoms with Crippen molar-refractivity contribution in [2.24, 2.45) is 0 Å². The lowest BCUT2D eigenvalue weighted by atomic mass is 9.99. The second-order valence-electron chi connectivity index (χ2n) is 13.4. The molecule has 0 amide bonds. The molecule has 0 saturated carbocycles. The van der Waals surface area contributed by atoms with E-state index in [2.05, 4.69) is 140 Å². The van der Waals surface area contributed by atoms with Crippen LogP contribution in [0, 0.1) is 33.5 Å². The number of rotatable bonds is 6. The molecule has 7 heteroatoms. The molecule has 0 unspecified atom stereocenters. The summed E-state index contributed by atoms with van der Waals surface area (Å²) in [7, 11) is 0. The first-order valence-corrected chi connectivity index (χ1v) is 17.4. The molecule has 9 aromatic rings. The van der Waals surface area contributed by atoms with Crippen molar-refractivity contribution >= 4 is 21.8 Å². The van der Waals surface area contributed by atoms with Crippen LogP contribution in [0.2, 0.25) is 0 Å². The Morgan fingerprint density at radius 3 is 1.79 bits per heavy atom. The van der Waals surface area contributed by atoms with Gasteiger partial charge in [0, 0.05) is 64.5 Å². The zero-order valence-electron chi connectivity index (χ0n) is 29.7. The summed E-state index contributed by atoms with van der Waals surface area (Å²) in [4.78, 5) is 11.9. The molecule has 5 aromatic carbocycles. The maximum absolute atomic E-state index is 13.2. The van der Waals surface area contributed by atoms with Crippen LogP contribution in [0.15, 0.2) is 147 Å². The summed E-state index contributed by atoms with van der Waals surface area (Å²) in [6.07, 6.45) is 11.9. The number of fused-ring (bicyclic) bond motifs is 2. The third kappa shape index (κ3) is 6.44. The molecule has 0 atom stereocenters. The van der Waals surface area contributed by atoms with Crippen molar-refractivity contribution in [1.82, 2.24) is 28.7 Å². The Bertz CT molecular complexity index is 2670. The number of aryl methyl sites for hydroxylation is 4. The average molecular weight is 683 g/mol. The van der Waals surface area contributed by atoms with Crippen LogP contribution in [0.4, 0.5) is 4.39 Å². The van der Waals surface area contributed by atoms with Gasteiger partial charge < -0.3 is 18.7 Å². The van der Waals surface area contributed by atoms with Crippen LogP contribution in [0.1, 0.15) is 28.1 Å². The molecule has 0 aliphatic rings. The first-order valence-electron chi connectivity index (χ1n) is 17.4. The van der Waals surface area contributed by atoms with Crippen molar-refractivity contribution in [3.63, 3.8) is 0 Å². The highest BCUT2D eigenvalue weighted by molar-refractivity contribution is 5.96. The Kier molecular flexibility index (Phi) is 8.61. The minimum atomic E-state index is -0.205. The molecule has 0 radical (unpaired) electrons. The van der Waals surface area contributed by atoms with E-state index < -0.39 is 0 Å². The quantitative estimate of drug-likeness (QED) is 0.190. The summed E-state index contributed by atoms with van der Waals surface area (Å²) in [5.74, 6) is -0.205. The van der Waals surface area contributed by atoms with Gasteiger partial charge in [-0.05, 0) is 127 Å². The maximum Gasteiger partial charge on any atom is 0.123 e. The van der Waals surface area contributed by atoms with Crippen molar-refractivity contribution in [2.75, 3.05) is 0 Å². The maximum atomic E-state index is 13.2. The van der Waals surface area contributed by atoms with Gasteiger partial charge in [-0.2, -0.15) is 0 Å². The second kappa shape index (κ2) is 13.7. The minimum absolute atomic E-state index is 0.205. The van der Waals surface area contributed by atoms with Crippen LogP contribution in [-0.4, -0.2) is 28.7 Å². The fourth-order valence-electron chi connectivity index (χ4n) is 7.07. The van der Waals surface area contributed by atoms with Gasteiger partial charge in [-0.25, -0.2) is 14.4 Å². The van der Waals surface area contributed by atoms with Gasteiger partial charge in [0.15, 0.2) is 0 Å². The summed E-state index contributed by atoms with van der Waals surface area (Å²) in [6, 6.07) is 36.9. The molecule has 9 rings (SSSR count). The molecule has 0 saturated heterocycles. The molecule has 1 N–H and O–H groups in total. The highest BCUT2D eigenvalue weighted by Gasteiger charge is 2.11. The van der Waals surface area contributed by atoms with Gasteiger partial charge in [-0.1, -0.05) is 48.5 Å². The van der Waals surface area contributed by atoms with E-state index in [1.165, 1.54) is 73.0 Å². The molecule has 0 aliphatic carbocycles. The lowest BCUT2D eigenvalue weighted by molar-refractivity contribution is 0.626. The predicted molar refractivity (Wildman–Crippen MR) is 210 cm³/mol. The van der Waals surface area contributed by atoms with E-state index in [1.54, 1.807) is 0 Å². The molecule has 0 bridgehead atoms. The number of nitrogens with zero attached hydrogens (tertiary/aromatic N) is 5. The normalized spacial score (nSPS) is 11.2. The number of nitrogens with one attached hydrogen (secondary N) is 1. The van der Waals surface area contributed by atoms with Crippen molar-refractivity contribution in [1.29, 1.82) is 0 Å². The van der Waals surface area contributed by atoms with Gasteiger partial charge in [0.1, 0.15) is 5.82 Å².